The maximum atomic E-state index is 6.82. The largest absolute Gasteiger partial charge is 0.114 e. The van der Waals surface area contributed by atoms with E-state index < -0.39 is 0 Å². The van der Waals surface area contributed by atoms with Crippen molar-refractivity contribution in [2.24, 2.45) is 17.3 Å². The van der Waals surface area contributed by atoms with E-state index in [1.807, 2.05) is 48.5 Å². The van der Waals surface area contributed by atoms with Gasteiger partial charge in [0, 0.05) is 5.92 Å². The van der Waals surface area contributed by atoms with Crippen molar-refractivity contribution < 1.29 is 0 Å². The summed E-state index contributed by atoms with van der Waals surface area (Å²) in [7, 11) is 0. The Labute approximate surface area is 275 Å². The van der Waals surface area contributed by atoms with Gasteiger partial charge in [-0.25, -0.2) is 0 Å². The van der Waals surface area contributed by atoms with Crippen LogP contribution in [-0.2, 0) is 0 Å². The van der Waals surface area contributed by atoms with Crippen molar-refractivity contribution in [1.29, 1.82) is 0 Å². The molecule has 246 valence electrons. The summed E-state index contributed by atoms with van der Waals surface area (Å²) >= 11 is 6.82. The van der Waals surface area contributed by atoms with Crippen LogP contribution in [0.1, 0.15) is 159 Å². The molecular formula is C42H71Cl. The summed E-state index contributed by atoms with van der Waals surface area (Å²) < 4.78 is 0. The fraction of sp³-hybridized carbons (Fsp3) is 0.619. The molecule has 0 nitrogen and oxygen atoms in total. The molecule has 0 amide bonds. The van der Waals surface area contributed by atoms with Crippen LogP contribution in [0.2, 0.25) is 0 Å². The topological polar surface area (TPSA) is 0 Å². The summed E-state index contributed by atoms with van der Waals surface area (Å²) in [5, 5.41) is 0. The summed E-state index contributed by atoms with van der Waals surface area (Å²) in [5.41, 5.74) is 9.59. The lowest BCUT2D eigenvalue weighted by Gasteiger charge is -2.37. The SMILES string of the molecule is C=C(C)CCCC1CCC(C)(CC(=C)C)C1.C=C(C)c1ccc(C2=CCC(Cl)(CC)/C(=C\C)C2C)cc1.CC.CC.CC. The Bertz CT molecular complexity index is 1000. The van der Waals surface area contributed by atoms with Crippen molar-refractivity contribution in [3.8, 4) is 0 Å². The van der Waals surface area contributed by atoms with Crippen LogP contribution in [0.5, 0.6) is 0 Å². The molecule has 0 spiro atoms. The van der Waals surface area contributed by atoms with Crippen molar-refractivity contribution in [3.05, 3.63) is 84.0 Å². The first-order valence-corrected chi connectivity index (χ1v) is 17.8. The summed E-state index contributed by atoms with van der Waals surface area (Å²) in [6, 6.07) is 8.71. The average Bonchev–Trinajstić information content (AvgIpc) is 3.36. The highest BCUT2D eigenvalue weighted by molar-refractivity contribution is 6.26. The number of rotatable bonds is 9. The van der Waals surface area contributed by atoms with Gasteiger partial charge < -0.3 is 0 Å². The number of hydrogen-bond acceptors (Lipinski definition) is 0. The molecule has 43 heavy (non-hydrogen) atoms. The molecule has 0 heterocycles. The Balaban J connectivity index is 0. The highest BCUT2D eigenvalue weighted by Crippen LogP contribution is 2.48. The molecule has 1 saturated carbocycles. The minimum atomic E-state index is -0.199. The molecule has 0 aliphatic heterocycles. The number of alkyl halides is 1. The third-order valence-corrected chi connectivity index (χ3v) is 9.20. The van der Waals surface area contributed by atoms with Crippen molar-refractivity contribution in [3.63, 3.8) is 0 Å². The van der Waals surface area contributed by atoms with E-state index in [1.54, 1.807) is 0 Å². The van der Waals surface area contributed by atoms with E-state index >= 15 is 0 Å². The molecule has 0 aromatic heterocycles. The van der Waals surface area contributed by atoms with Gasteiger partial charge in [0.2, 0.25) is 0 Å². The van der Waals surface area contributed by atoms with Crippen LogP contribution in [-0.4, -0.2) is 4.87 Å². The zero-order valence-corrected chi connectivity index (χ0v) is 31.7. The minimum absolute atomic E-state index is 0.199. The summed E-state index contributed by atoms with van der Waals surface area (Å²) in [5.74, 6) is 1.33. The van der Waals surface area contributed by atoms with E-state index in [-0.39, 0.29) is 4.87 Å². The van der Waals surface area contributed by atoms with Crippen molar-refractivity contribution >= 4 is 22.7 Å². The van der Waals surface area contributed by atoms with Gasteiger partial charge in [0.25, 0.3) is 0 Å². The molecule has 0 saturated heterocycles. The molecule has 2 aliphatic rings. The Morgan fingerprint density at radius 3 is 1.95 bits per heavy atom. The maximum Gasteiger partial charge on any atom is 0.0692 e. The van der Waals surface area contributed by atoms with Crippen LogP contribution in [0.25, 0.3) is 11.1 Å². The molecule has 4 unspecified atom stereocenters. The molecule has 0 radical (unpaired) electrons. The van der Waals surface area contributed by atoms with Crippen LogP contribution < -0.4 is 0 Å². The van der Waals surface area contributed by atoms with E-state index in [9.17, 15) is 0 Å². The Morgan fingerprint density at radius 2 is 1.51 bits per heavy atom. The third-order valence-electron chi connectivity index (χ3n) is 8.56. The quantitative estimate of drug-likeness (QED) is 0.193. The van der Waals surface area contributed by atoms with E-state index in [0.29, 0.717) is 11.3 Å². The molecule has 0 N–H and O–H groups in total. The highest BCUT2D eigenvalue weighted by Gasteiger charge is 2.37. The Morgan fingerprint density at radius 1 is 0.953 bits per heavy atom. The molecule has 0 bridgehead atoms. The standard InChI is InChI=1S/C20H25Cl.C16H28.3C2H6/c1-6-19-15(5)18(12-13-20(19,21)7-2)17-10-8-16(9-11-17)14(3)4;1-13(2)7-6-8-15-9-10-16(5,12-15)11-14(3)4;3*1-2/h6,8-12,15H,3,7,13H2,1-2,4-5H3;15H,1,3,6-12H2,2,4-5H3;3*1-2H3/b19-6-;;;;. The van der Waals surface area contributed by atoms with Crippen LogP contribution in [0.15, 0.2) is 72.9 Å². The van der Waals surface area contributed by atoms with Gasteiger partial charge in [-0.05, 0) is 113 Å². The smallest absolute Gasteiger partial charge is 0.0692 e. The Kier molecular flexibility index (Phi) is 22.9. The molecular weight excluding hydrogens is 540 g/mol. The van der Waals surface area contributed by atoms with Crippen LogP contribution in [0.4, 0.5) is 0 Å². The van der Waals surface area contributed by atoms with Crippen LogP contribution >= 0.6 is 11.6 Å². The molecule has 2 aliphatic carbocycles. The van der Waals surface area contributed by atoms with Crippen molar-refractivity contribution in [2.45, 2.75) is 153 Å². The van der Waals surface area contributed by atoms with Crippen molar-refractivity contribution in [2.75, 3.05) is 0 Å². The van der Waals surface area contributed by atoms with Gasteiger partial charge >= 0.3 is 0 Å². The number of halogens is 1. The monoisotopic (exact) mass is 611 g/mol. The predicted octanol–water partition coefficient (Wildman–Crippen LogP) is 15.1. The van der Waals surface area contributed by atoms with E-state index in [1.165, 1.54) is 78.4 Å². The van der Waals surface area contributed by atoms with E-state index in [4.69, 9.17) is 11.6 Å². The first-order chi connectivity index (χ1) is 20.3. The molecule has 3 rings (SSSR count). The third kappa shape index (κ3) is 14.7. The molecule has 1 aromatic carbocycles. The second-order valence-electron chi connectivity index (χ2n) is 12.4. The second-order valence-corrected chi connectivity index (χ2v) is 13.1. The normalized spacial score (nSPS) is 24.8. The van der Waals surface area contributed by atoms with E-state index in [0.717, 1.165) is 24.3 Å². The molecule has 1 heteroatoms. The van der Waals surface area contributed by atoms with Gasteiger partial charge in [-0.15, -0.1) is 24.8 Å². The van der Waals surface area contributed by atoms with Crippen molar-refractivity contribution in [1.82, 2.24) is 0 Å². The fourth-order valence-electron chi connectivity index (χ4n) is 6.58. The first kappa shape index (κ1) is 43.3. The number of allylic oxidation sites excluding steroid dienone is 7. The number of benzene rings is 1. The average molecular weight is 611 g/mol. The summed E-state index contributed by atoms with van der Waals surface area (Å²) in [4.78, 5) is -0.199. The Hall–Kier alpha value is -1.79. The lowest BCUT2D eigenvalue weighted by atomic mass is 9.73. The first-order valence-electron chi connectivity index (χ1n) is 17.4. The van der Waals surface area contributed by atoms with Gasteiger partial charge in [0.05, 0.1) is 4.87 Å². The van der Waals surface area contributed by atoms with Gasteiger partial charge in [0.1, 0.15) is 0 Å². The number of hydrogen-bond donors (Lipinski definition) is 0. The summed E-state index contributed by atoms with van der Waals surface area (Å²) in [6.45, 7) is 39.4. The van der Waals surface area contributed by atoms with Crippen LogP contribution in [0.3, 0.4) is 0 Å². The zero-order chi connectivity index (χ0) is 33.8. The zero-order valence-electron chi connectivity index (χ0n) is 31.0. The summed E-state index contributed by atoms with van der Waals surface area (Å²) in [6.07, 6.45) is 15.8. The van der Waals surface area contributed by atoms with Gasteiger partial charge in [-0.2, -0.15) is 0 Å². The van der Waals surface area contributed by atoms with Gasteiger partial charge in [0.15, 0.2) is 0 Å². The highest BCUT2D eigenvalue weighted by atomic mass is 35.5. The lowest BCUT2D eigenvalue weighted by molar-refractivity contribution is 0.312. The molecule has 4 atom stereocenters. The second kappa shape index (κ2) is 22.7. The molecule has 1 fully saturated rings. The fourth-order valence-corrected chi connectivity index (χ4v) is 6.93. The van der Waals surface area contributed by atoms with Gasteiger partial charge in [-0.1, -0.05) is 128 Å². The minimum Gasteiger partial charge on any atom is -0.114 e. The predicted molar refractivity (Wildman–Crippen MR) is 203 cm³/mol. The van der Waals surface area contributed by atoms with Gasteiger partial charge in [-0.3, -0.25) is 0 Å². The lowest BCUT2D eigenvalue weighted by Crippen LogP contribution is -2.30. The van der Waals surface area contributed by atoms with Crippen LogP contribution in [0, 0.1) is 17.3 Å². The maximum absolute atomic E-state index is 6.82. The molecule has 1 aromatic rings. The van der Waals surface area contributed by atoms with E-state index in [2.05, 4.69) is 97.7 Å².